The molecule has 2 aliphatic rings. The number of hydrogen-bond acceptors (Lipinski definition) is 4. The molecule has 3 heterocycles. The van der Waals surface area contributed by atoms with Crippen LogP contribution in [0.15, 0.2) is 66.9 Å². The highest BCUT2D eigenvalue weighted by atomic mass is 19.1. The van der Waals surface area contributed by atoms with Crippen LogP contribution in [0.5, 0.6) is 0 Å². The number of hydrogen-bond donors (Lipinski definition) is 0. The zero-order valence-electron chi connectivity index (χ0n) is 17.7. The number of rotatable bonds is 4. The molecule has 0 bridgehead atoms. The summed E-state index contributed by atoms with van der Waals surface area (Å²) < 4.78 is 13.1. The Morgan fingerprint density at radius 2 is 1.59 bits per heavy atom. The minimum absolute atomic E-state index is 0.0300. The number of fused-ring (bicyclic) bond motifs is 1. The number of amides is 1. The monoisotopic (exact) mass is 429 g/mol. The van der Waals surface area contributed by atoms with E-state index in [4.69, 9.17) is 0 Å². The maximum Gasteiger partial charge on any atom is 0.259 e. The number of carbonyl (C=O) groups excluding carboxylic acids is 2. The van der Waals surface area contributed by atoms with Crippen LogP contribution in [-0.4, -0.2) is 36.3 Å². The van der Waals surface area contributed by atoms with Gasteiger partial charge in [-0.05, 0) is 67.3 Å². The van der Waals surface area contributed by atoms with Gasteiger partial charge in [0.1, 0.15) is 11.6 Å². The molecule has 0 spiro atoms. The number of nitrogens with zero attached hydrogens (tertiary/aromatic N) is 3. The first-order chi connectivity index (χ1) is 15.6. The minimum Gasteiger partial charge on any atom is -0.357 e. The van der Waals surface area contributed by atoms with E-state index in [9.17, 15) is 14.0 Å². The van der Waals surface area contributed by atoms with E-state index >= 15 is 0 Å². The first-order valence-corrected chi connectivity index (χ1v) is 11.0. The predicted molar refractivity (Wildman–Crippen MR) is 122 cm³/mol. The standard InChI is InChI=1S/C26H24FN3O2/c27-22-8-5-19(6-9-22)25(31)20-11-14-29(15-12-20)24-10-7-21(17-28-24)26(32)30-16-13-18-3-1-2-4-23(18)30/h1-10,17,20H,11-16H2. The highest BCUT2D eigenvalue weighted by Crippen LogP contribution is 2.29. The molecule has 5 nitrogen and oxygen atoms in total. The molecule has 2 aliphatic heterocycles. The van der Waals surface area contributed by atoms with Crippen molar-refractivity contribution >= 4 is 23.2 Å². The number of halogens is 1. The number of piperidine rings is 1. The molecule has 1 aromatic heterocycles. The Morgan fingerprint density at radius 1 is 0.875 bits per heavy atom. The van der Waals surface area contributed by atoms with E-state index in [0.29, 0.717) is 17.7 Å². The number of aromatic nitrogens is 1. The first kappa shape index (κ1) is 20.4. The summed E-state index contributed by atoms with van der Waals surface area (Å²) in [4.78, 5) is 34.2. The Balaban J connectivity index is 1.21. The van der Waals surface area contributed by atoms with Crippen molar-refractivity contribution in [2.75, 3.05) is 29.4 Å². The molecule has 162 valence electrons. The van der Waals surface area contributed by atoms with Gasteiger partial charge in [-0.25, -0.2) is 9.37 Å². The number of carbonyl (C=O) groups is 2. The Hall–Kier alpha value is -3.54. The summed E-state index contributed by atoms with van der Waals surface area (Å²) >= 11 is 0. The van der Waals surface area contributed by atoms with Crippen LogP contribution in [0.25, 0.3) is 0 Å². The van der Waals surface area contributed by atoms with Crippen LogP contribution in [0.3, 0.4) is 0 Å². The Labute approximate surface area is 186 Å². The van der Waals surface area contributed by atoms with Gasteiger partial charge >= 0.3 is 0 Å². The molecule has 6 heteroatoms. The van der Waals surface area contributed by atoms with E-state index in [1.165, 1.54) is 17.7 Å². The number of Topliss-reactive ketones (excluding diaryl/α,β-unsaturated/α-hetero) is 1. The minimum atomic E-state index is -0.335. The third-order valence-corrected chi connectivity index (χ3v) is 6.45. The summed E-state index contributed by atoms with van der Waals surface area (Å²) in [5.74, 6) is 0.462. The Morgan fingerprint density at radius 3 is 2.31 bits per heavy atom. The summed E-state index contributed by atoms with van der Waals surface area (Å²) in [6, 6.07) is 17.5. The molecule has 1 saturated heterocycles. The predicted octanol–water partition coefficient (Wildman–Crippen LogP) is 4.52. The van der Waals surface area contributed by atoms with Crippen molar-refractivity contribution in [3.63, 3.8) is 0 Å². The largest absolute Gasteiger partial charge is 0.357 e. The molecule has 1 fully saturated rings. The van der Waals surface area contributed by atoms with E-state index in [-0.39, 0.29) is 23.4 Å². The second kappa shape index (κ2) is 8.54. The number of para-hydroxylation sites is 1. The van der Waals surface area contributed by atoms with Gasteiger partial charge in [0.2, 0.25) is 0 Å². The zero-order valence-corrected chi connectivity index (χ0v) is 17.7. The molecule has 0 radical (unpaired) electrons. The Bertz CT molecular complexity index is 1140. The molecule has 0 saturated carbocycles. The van der Waals surface area contributed by atoms with Crippen LogP contribution in [0.2, 0.25) is 0 Å². The van der Waals surface area contributed by atoms with E-state index in [2.05, 4.69) is 16.0 Å². The van der Waals surface area contributed by atoms with Crippen molar-refractivity contribution < 1.29 is 14.0 Å². The molecule has 0 unspecified atom stereocenters. The summed E-state index contributed by atoms with van der Waals surface area (Å²) in [6.07, 6.45) is 3.97. The summed E-state index contributed by atoms with van der Waals surface area (Å²) in [7, 11) is 0. The van der Waals surface area contributed by atoms with Crippen molar-refractivity contribution in [2.45, 2.75) is 19.3 Å². The Kier molecular flexibility index (Phi) is 5.43. The third-order valence-electron chi connectivity index (χ3n) is 6.45. The van der Waals surface area contributed by atoms with Crippen molar-refractivity contribution in [3.8, 4) is 0 Å². The quantitative estimate of drug-likeness (QED) is 0.572. The van der Waals surface area contributed by atoms with E-state index in [1.54, 1.807) is 18.3 Å². The molecule has 32 heavy (non-hydrogen) atoms. The van der Waals surface area contributed by atoms with Gasteiger partial charge in [-0.2, -0.15) is 0 Å². The van der Waals surface area contributed by atoms with Crippen LogP contribution in [0, 0.1) is 11.7 Å². The molecule has 2 aromatic carbocycles. The van der Waals surface area contributed by atoms with Crippen molar-refractivity contribution in [2.24, 2.45) is 5.92 Å². The second-order valence-corrected chi connectivity index (χ2v) is 8.37. The molecule has 0 N–H and O–H groups in total. The van der Waals surface area contributed by atoms with Crippen molar-refractivity contribution in [1.82, 2.24) is 4.98 Å². The summed E-state index contributed by atoms with van der Waals surface area (Å²) in [6.45, 7) is 2.13. The van der Waals surface area contributed by atoms with E-state index in [1.807, 2.05) is 35.2 Å². The zero-order chi connectivity index (χ0) is 22.1. The van der Waals surface area contributed by atoms with Gasteiger partial charge in [0, 0.05) is 43.0 Å². The third kappa shape index (κ3) is 3.88. The average Bonchev–Trinajstić information content (AvgIpc) is 3.28. The van der Waals surface area contributed by atoms with Gasteiger partial charge in [-0.3, -0.25) is 9.59 Å². The molecule has 0 aliphatic carbocycles. The number of benzene rings is 2. The van der Waals surface area contributed by atoms with Crippen LogP contribution >= 0.6 is 0 Å². The molecule has 5 rings (SSSR count). The lowest BCUT2D eigenvalue weighted by Crippen LogP contribution is -2.37. The highest BCUT2D eigenvalue weighted by Gasteiger charge is 2.28. The van der Waals surface area contributed by atoms with Gasteiger partial charge in [0.15, 0.2) is 5.78 Å². The molecular weight excluding hydrogens is 405 g/mol. The number of ketones is 1. The maximum atomic E-state index is 13.1. The van der Waals surface area contributed by atoms with Crippen LogP contribution in [-0.2, 0) is 6.42 Å². The average molecular weight is 429 g/mol. The fourth-order valence-corrected chi connectivity index (χ4v) is 4.63. The first-order valence-electron chi connectivity index (χ1n) is 11.0. The highest BCUT2D eigenvalue weighted by molar-refractivity contribution is 6.07. The van der Waals surface area contributed by atoms with Gasteiger partial charge in [-0.1, -0.05) is 18.2 Å². The molecule has 0 atom stereocenters. The second-order valence-electron chi connectivity index (χ2n) is 8.37. The van der Waals surface area contributed by atoms with Crippen molar-refractivity contribution in [1.29, 1.82) is 0 Å². The van der Waals surface area contributed by atoms with Gasteiger partial charge in [0.25, 0.3) is 5.91 Å². The van der Waals surface area contributed by atoms with Crippen LogP contribution in [0.4, 0.5) is 15.9 Å². The molecular formula is C26H24FN3O2. The SMILES string of the molecule is O=C(c1ccc(F)cc1)C1CCN(c2ccc(C(=O)N3CCc4ccccc43)cn2)CC1. The fourth-order valence-electron chi connectivity index (χ4n) is 4.63. The van der Waals surface area contributed by atoms with Gasteiger partial charge < -0.3 is 9.80 Å². The van der Waals surface area contributed by atoms with Crippen molar-refractivity contribution in [3.05, 3.63) is 89.4 Å². The molecule has 3 aromatic rings. The van der Waals surface area contributed by atoms with E-state index in [0.717, 1.165) is 43.9 Å². The van der Waals surface area contributed by atoms with Crippen LogP contribution < -0.4 is 9.80 Å². The summed E-state index contributed by atoms with van der Waals surface area (Å²) in [5.41, 5.74) is 3.32. The lowest BCUT2D eigenvalue weighted by atomic mass is 9.89. The topological polar surface area (TPSA) is 53.5 Å². The lowest BCUT2D eigenvalue weighted by molar-refractivity contribution is 0.0899. The molecule has 1 amide bonds. The fraction of sp³-hybridized carbons (Fsp3) is 0.269. The van der Waals surface area contributed by atoms with Crippen LogP contribution in [0.1, 0.15) is 39.1 Å². The van der Waals surface area contributed by atoms with E-state index < -0.39 is 0 Å². The normalized spacial score (nSPS) is 16.2. The number of anilines is 2. The smallest absolute Gasteiger partial charge is 0.259 e. The number of pyridine rings is 1. The summed E-state index contributed by atoms with van der Waals surface area (Å²) in [5, 5.41) is 0. The van der Waals surface area contributed by atoms with Gasteiger partial charge in [-0.15, -0.1) is 0 Å². The maximum absolute atomic E-state index is 13.1. The van der Waals surface area contributed by atoms with Gasteiger partial charge in [0.05, 0.1) is 5.56 Å². The lowest BCUT2D eigenvalue weighted by Gasteiger charge is -2.32.